The van der Waals surface area contributed by atoms with E-state index in [1.54, 1.807) is 24.3 Å². The molecule has 9 heteroatoms. The largest absolute Gasteiger partial charge is 0.495 e. The van der Waals surface area contributed by atoms with Crippen LogP contribution in [0.5, 0.6) is 5.75 Å². The van der Waals surface area contributed by atoms with Gasteiger partial charge in [0.2, 0.25) is 15.9 Å². The average Bonchev–Trinajstić information content (AvgIpc) is 2.59. The Labute approximate surface area is 156 Å². The Morgan fingerprint density at radius 3 is 2.65 bits per heavy atom. The first kappa shape index (κ1) is 19.6. The number of amides is 1. The van der Waals surface area contributed by atoms with E-state index in [4.69, 9.17) is 21.6 Å². The van der Waals surface area contributed by atoms with Gasteiger partial charge in [0.1, 0.15) is 12.3 Å². The molecule has 0 spiro atoms. The number of rotatable bonds is 6. The summed E-state index contributed by atoms with van der Waals surface area (Å²) >= 11 is 5.96. The number of sulfonamides is 1. The summed E-state index contributed by atoms with van der Waals surface area (Å²) in [6.45, 7) is -0.480. The van der Waals surface area contributed by atoms with Gasteiger partial charge in [0.15, 0.2) is 0 Å². The van der Waals surface area contributed by atoms with E-state index in [-0.39, 0.29) is 11.4 Å². The molecular weight excluding hydrogens is 378 g/mol. The highest BCUT2D eigenvalue weighted by Crippen LogP contribution is 2.32. The van der Waals surface area contributed by atoms with E-state index < -0.39 is 22.5 Å². The first-order valence-electron chi connectivity index (χ1n) is 7.36. The molecule has 0 saturated heterocycles. The van der Waals surface area contributed by atoms with Gasteiger partial charge in [0.25, 0.3) is 0 Å². The van der Waals surface area contributed by atoms with E-state index in [1.807, 2.05) is 6.07 Å². The van der Waals surface area contributed by atoms with Gasteiger partial charge in [-0.2, -0.15) is 5.26 Å². The Bertz CT molecular complexity index is 970. The van der Waals surface area contributed by atoms with Crippen molar-refractivity contribution < 1.29 is 17.9 Å². The number of nitriles is 1. The van der Waals surface area contributed by atoms with Crippen LogP contribution >= 0.6 is 11.6 Å². The average molecular weight is 394 g/mol. The molecule has 1 amide bonds. The number of hydrogen-bond donors (Lipinski definition) is 1. The minimum Gasteiger partial charge on any atom is -0.495 e. The van der Waals surface area contributed by atoms with Crippen LogP contribution in [0.1, 0.15) is 5.56 Å². The maximum Gasteiger partial charge on any atom is 0.245 e. The van der Waals surface area contributed by atoms with E-state index in [1.165, 1.54) is 25.3 Å². The van der Waals surface area contributed by atoms with Gasteiger partial charge in [-0.05, 0) is 36.4 Å². The van der Waals surface area contributed by atoms with Gasteiger partial charge in [-0.25, -0.2) is 8.42 Å². The Hall–Kier alpha value is -2.76. The van der Waals surface area contributed by atoms with Crippen molar-refractivity contribution in [3.8, 4) is 11.8 Å². The van der Waals surface area contributed by atoms with Gasteiger partial charge in [0, 0.05) is 10.7 Å². The van der Waals surface area contributed by atoms with Crippen LogP contribution in [0.15, 0.2) is 42.5 Å². The molecule has 136 valence electrons. The summed E-state index contributed by atoms with van der Waals surface area (Å²) in [6.07, 6.45) is 0.983. The number of benzene rings is 2. The Kier molecular flexibility index (Phi) is 6.08. The van der Waals surface area contributed by atoms with Gasteiger partial charge in [0.05, 0.1) is 30.7 Å². The Balaban J connectivity index is 2.31. The first-order chi connectivity index (χ1) is 12.2. The second kappa shape index (κ2) is 8.08. The summed E-state index contributed by atoms with van der Waals surface area (Å²) in [5.74, 6) is -0.313. The smallest absolute Gasteiger partial charge is 0.245 e. The molecule has 0 atom stereocenters. The summed E-state index contributed by atoms with van der Waals surface area (Å²) in [7, 11) is -2.40. The van der Waals surface area contributed by atoms with Crippen LogP contribution in [0.2, 0.25) is 5.02 Å². The number of methoxy groups -OCH3 is 1. The van der Waals surface area contributed by atoms with E-state index in [0.717, 1.165) is 10.6 Å². The number of nitrogens with zero attached hydrogens (tertiary/aromatic N) is 2. The van der Waals surface area contributed by atoms with Crippen LogP contribution in [-0.2, 0) is 14.8 Å². The predicted octanol–water partition coefficient (Wildman–Crippen LogP) is 2.62. The fourth-order valence-corrected chi connectivity index (χ4v) is 3.25. The predicted molar refractivity (Wildman–Crippen MR) is 100.0 cm³/mol. The Morgan fingerprint density at radius 1 is 1.31 bits per heavy atom. The van der Waals surface area contributed by atoms with Crippen LogP contribution in [0.25, 0.3) is 0 Å². The molecule has 2 rings (SSSR count). The zero-order valence-electron chi connectivity index (χ0n) is 14.1. The van der Waals surface area contributed by atoms with Crippen LogP contribution in [0.4, 0.5) is 11.4 Å². The van der Waals surface area contributed by atoms with Crippen molar-refractivity contribution in [1.29, 1.82) is 5.26 Å². The molecule has 1 N–H and O–H groups in total. The SMILES string of the molecule is COc1ccc(Cl)cc1N(CC(=O)Nc1cccc(C#N)c1)S(C)(=O)=O. The van der Waals surface area contributed by atoms with E-state index in [0.29, 0.717) is 16.3 Å². The summed E-state index contributed by atoms with van der Waals surface area (Å²) < 4.78 is 30.5. The lowest BCUT2D eigenvalue weighted by Crippen LogP contribution is -2.37. The maximum absolute atomic E-state index is 12.4. The molecule has 0 unspecified atom stereocenters. The number of hydrogen-bond acceptors (Lipinski definition) is 5. The lowest BCUT2D eigenvalue weighted by molar-refractivity contribution is -0.114. The second-order valence-electron chi connectivity index (χ2n) is 5.33. The molecule has 0 heterocycles. The van der Waals surface area contributed by atoms with Crippen molar-refractivity contribution in [3.63, 3.8) is 0 Å². The molecule has 0 saturated carbocycles. The molecule has 0 aromatic heterocycles. The highest BCUT2D eigenvalue weighted by Gasteiger charge is 2.24. The van der Waals surface area contributed by atoms with Gasteiger partial charge in [-0.15, -0.1) is 0 Å². The van der Waals surface area contributed by atoms with Crippen LogP contribution < -0.4 is 14.4 Å². The summed E-state index contributed by atoms with van der Waals surface area (Å²) in [4.78, 5) is 12.4. The third-order valence-electron chi connectivity index (χ3n) is 3.37. The Morgan fingerprint density at radius 2 is 2.04 bits per heavy atom. The second-order valence-corrected chi connectivity index (χ2v) is 7.67. The highest BCUT2D eigenvalue weighted by atomic mass is 35.5. The zero-order valence-corrected chi connectivity index (χ0v) is 15.6. The molecule has 0 aliphatic heterocycles. The van der Waals surface area contributed by atoms with E-state index in [2.05, 4.69) is 5.32 Å². The lowest BCUT2D eigenvalue weighted by atomic mass is 10.2. The minimum atomic E-state index is -3.79. The molecule has 2 aromatic rings. The lowest BCUT2D eigenvalue weighted by Gasteiger charge is -2.24. The summed E-state index contributed by atoms with van der Waals surface area (Å²) in [5.41, 5.74) is 0.920. The highest BCUT2D eigenvalue weighted by molar-refractivity contribution is 7.92. The molecular formula is C17H16ClN3O4S. The summed E-state index contributed by atoms with van der Waals surface area (Å²) in [5, 5.41) is 11.8. The van der Waals surface area contributed by atoms with Crippen LogP contribution in [0, 0.1) is 11.3 Å². The topological polar surface area (TPSA) is 99.5 Å². The maximum atomic E-state index is 12.4. The minimum absolute atomic E-state index is 0.156. The third-order valence-corrected chi connectivity index (χ3v) is 4.73. The molecule has 2 aromatic carbocycles. The molecule has 26 heavy (non-hydrogen) atoms. The normalized spacial score (nSPS) is 10.7. The molecule has 0 bridgehead atoms. The molecule has 0 radical (unpaired) electrons. The van der Waals surface area contributed by atoms with Gasteiger partial charge >= 0.3 is 0 Å². The summed E-state index contributed by atoms with van der Waals surface area (Å²) in [6, 6.07) is 12.7. The molecule has 7 nitrogen and oxygen atoms in total. The molecule has 0 fully saturated rings. The number of anilines is 2. The number of carbonyl (C=O) groups excluding carboxylic acids is 1. The number of ether oxygens (including phenoxy) is 1. The van der Waals surface area contributed by atoms with E-state index >= 15 is 0 Å². The van der Waals surface area contributed by atoms with Crippen LogP contribution in [-0.4, -0.2) is 34.2 Å². The van der Waals surface area contributed by atoms with Crippen molar-refractivity contribution in [2.75, 3.05) is 29.5 Å². The standard InChI is InChI=1S/C17H16ClN3O4S/c1-25-16-7-6-13(18)9-15(16)21(26(2,23)24)11-17(22)20-14-5-3-4-12(8-14)10-19/h3-9H,11H2,1-2H3,(H,20,22). The van der Waals surface area contributed by atoms with Crippen molar-refractivity contribution in [2.24, 2.45) is 0 Å². The van der Waals surface area contributed by atoms with Crippen molar-refractivity contribution in [2.45, 2.75) is 0 Å². The van der Waals surface area contributed by atoms with Crippen molar-refractivity contribution in [3.05, 3.63) is 53.1 Å². The fraction of sp³-hybridized carbons (Fsp3) is 0.176. The van der Waals surface area contributed by atoms with Crippen molar-refractivity contribution >= 4 is 38.9 Å². The third kappa shape index (κ3) is 4.88. The number of nitrogens with one attached hydrogen (secondary N) is 1. The molecule has 0 aliphatic rings. The molecule has 0 aliphatic carbocycles. The van der Waals surface area contributed by atoms with Gasteiger partial charge in [-0.3, -0.25) is 9.10 Å². The first-order valence-corrected chi connectivity index (χ1v) is 9.58. The fourth-order valence-electron chi connectivity index (χ4n) is 2.24. The number of halogens is 1. The van der Waals surface area contributed by atoms with Crippen LogP contribution in [0.3, 0.4) is 0 Å². The van der Waals surface area contributed by atoms with Gasteiger partial charge in [-0.1, -0.05) is 17.7 Å². The monoisotopic (exact) mass is 393 g/mol. The van der Waals surface area contributed by atoms with Crippen molar-refractivity contribution in [1.82, 2.24) is 0 Å². The number of carbonyl (C=O) groups is 1. The quantitative estimate of drug-likeness (QED) is 0.813. The zero-order chi connectivity index (χ0) is 19.3. The van der Waals surface area contributed by atoms with Gasteiger partial charge < -0.3 is 10.1 Å². The van der Waals surface area contributed by atoms with E-state index in [9.17, 15) is 13.2 Å².